The van der Waals surface area contributed by atoms with Crippen LogP contribution in [-0.4, -0.2) is 14.8 Å². The highest BCUT2D eigenvalue weighted by atomic mass is 15.3. The molecule has 0 fully saturated rings. The van der Waals surface area contributed by atoms with E-state index in [1.807, 2.05) is 23.7 Å². The zero-order valence-corrected chi connectivity index (χ0v) is 10.8. The lowest BCUT2D eigenvalue weighted by molar-refractivity contribution is 0.490. The fraction of sp³-hybridized carbons (Fsp3) is 0.385. The summed E-state index contributed by atoms with van der Waals surface area (Å²) >= 11 is 0. The predicted molar refractivity (Wildman–Crippen MR) is 70.6 cm³/mol. The molecule has 2 aromatic heterocycles. The van der Waals surface area contributed by atoms with Crippen molar-refractivity contribution < 1.29 is 0 Å². The second-order valence-corrected chi connectivity index (χ2v) is 4.31. The van der Waals surface area contributed by atoms with Gasteiger partial charge in [-0.05, 0) is 44.0 Å². The van der Waals surface area contributed by atoms with E-state index >= 15 is 0 Å². The first kappa shape index (κ1) is 12.7. The van der Waals surface area contributed by atoms with Crippen LogP contribution in [0.1, 0.15) is 29.9 Å². The monoisotopic (exact) mass is 245 g/mol. The van der Waals surface area contributed by atoms with E-state index < -0.39 is 0 Å². The minimum absolute atomic E-state index is 0.0635. The summed E-state index contributed by atoms with van der Waals surface area (Å²) in [5.74, 6) is 5.68. The van der Waals surface area contributed by atoms with E-state index in [0.29, 0.717) is 0 Å². The first-order chi connectivity index (χ1) is 8.74. The van der Waals surface area contributed by atoms with Gasteiger partial charge >= 0.3 is 0 Å². The molecule has 0 saturated carbocycles. The molecule has 0 radical (unpaired) electrons. The Hall–Kier alpha value is -1.72. The second kappa shape index (κ2) is 5.75. The number of nitrogens with one attached hydrogen (secondary N) is 1. The van der Waals surface area contributed by atoms with Gasteiger partial charge in [-0.2, -0.15) is 5.10 Å². The fourth-order valence-electron chi connectivity index (χ4n) is 2.10. The molecule has 2 heterocycles. The van der Waals surface area contributed by atoms with Gasteiger partial charge in [-0.15, -0.1) is 0 Å². The zero-order chi connectivity index (χ0) is 13.0. The van der Waals surface area contributed by atoms with E-state index in [9.17, 15) is 0 Å². The molecule has 2 rings (SSSR count). The Labute approximate surface area is 107 Å². The van der Waals surface area contributed by atoms with Crippen LogP contribution in [0.4, 0.5) is 0 Å². The maximum atomic E-state index is 5.68. The fourth-order valence-corrected chi connectivity index (χ4v) is 2.10. The molecule has 0 aliphatic heterocycles. The van der Waals surface area contributed by atoms with Crippen molar-refractivity contribution in [2.45, 2.75) is 32.9 Å². The molecule has 2 aromatic rings. The Morgan fingerprint density at radius 1 is 1.39 bits per heavy atom. The average Bonchev–Trinajstić information content (AvgIpc) is 2.78. The highest BCUT2D eigenvalue weighted by Gasteiger charge is 2.16. The Balaban J connectivity index is 2.22. The third-order valence-electron chi connectivity index (χ3n) is 2.98. The first-order valence-corrected chi connectivity index (χ1v) is 6.14. The quantitative estimate of drug-likeness (QED) is 0.616. The van der Waals surface area contributed by atoms with Gasteiger partial charge in [0.25, 0.3) is 0 Å². The summed E-state index contributed by atoms with van der Waals surface area (Å²) in [5, 5.41) is 4.45. The minimum Gasteiger partial charge on any atom is -0.271 e. The molecule has 1 unspecified atom stereocenters. The van der Waals surface area contributed by atoms with E-state index in [-0.39, 0.29) is 6.04 Å². The van der Waals surface area contributed by atoms with Crippen LogP contribution in [0.2, 0.25) is 0 Å². The first-order valence-electron chi connectivity index (χ1n) is 6.14. The predicted octanol–water partition coefficient (Wildman–Crippen LogP) is 1.35. The topological polar surface area (TPSA) is 68.8 Å². The Kier molecular flexibility index (Phi) is 4.07. The van der Waals surface area contributed by atoms with Crippen molar-refractivity contribution in [2.24, 2.45) is 5.84 Å². The molecule has 18 heavy (non-hydrogen) atoms. The van der Waals surface area contributed by atoms with Crippen molar-refractivity contribution in [3.63, 3.8) is 0 Å². The van der Waals surface area contributed by atoms with Crippen molar-refractivity contribution in [2.75, 3.05) is 0 Å². The van der Waals surface area contributed by atoms with Crippen LogP contribution >= 0.6 is 0 Å². The molecule has 0 bridgehead atoms. The Morgan fingerprint density at radius 3 is 2.72 bits per heavy atom. The molecule has 0 aliphatic rings. The maximum absolute atomic E-state index is 5.68. The minimum atomic E-state index is 0.0635. The van der Waals surface area contributed by atoms with Crippen LogP contribution in [0.25, 0.3) is 0 Å². The highest BCUT2D eigenvalue weighted by molar-refractivity contribution is 5.18. The van der Waals surface area contributed by atoms with E-state index in [4.69, 9.17) is 5.84 Å². The summed E-state index contributed by atoms with van der Waals surface area (Å²) in [6.45, 7) is 4.92. The van der Waals surface area contributed by atoms with Crippen LogP contribution in [0, 0.1) is 6.92 Å². The van der Waals surface area contributed by atoms with Crippen LogP contribution in [0.3, 0.4) is 0 Å². The SMILES string of the molecule is CCn1nc(C)cc1C(Cc1ccncc1)NN. The summed E-state index contributed by atoms with van der Waals surface area (Å²) in [6.07, 6.45) is 4.42. The number of hydrogen-bond acceptors (Lipinski definition) is 4. The number of hydrazine groups is 1. The van der Waals surface area contributed by atoms with Crippen molar-refractivity contribution in [3.8, 4) is 0 Å². The summed E-state index contributed by atoms with van der Waals surface area (Å²) in [6, 6.07) is 6.15. The molecule has 5 nitrogen and oxygen atoms in total. The zero-order valence-electron chi connectivity index (χ0n) is 10.8. The van der Waals surface area contributed by atoms with Crippen molar-refractivity contribution >= 4 is 0 Å². The molecule has 0 spiro atoms. The van der Waals surface area contributed by atoms with E-state index in [1.165, 1.54) is 5.56 Å². The average molecular weight is 245 g/mol. The van der Waals surface area contributed by atoms with Crippen LogP contribution < -0.4 is 11.3 Å². The molecule has 0 aliphatic carbocycles. The van der Waals surface area contributed by atoms with Crippen LogP contribution in [0.5, 0.6) is 0 Å². The van der Waals surface area contributed by atoms with Gasteiger partial charge in [-0.3, -0.25) is 20.9 Å². The van der Waals surface area contributed by atoms with Crippen LogP contribution in [0.15, 0.2) is 30.6 Å². The largest absolute Gasteiger partial charge is 0.271 e. The molecule has 0 amide bonds. The standard InChI is InChI=1S/C13H19N5/c1-3-18-13(8-10(2)17-18)12(16-14)9-11-4-6-15-7-5-11/h4-8,12,16H,3,9,14H2,1-2H3. The number of hydrogen-bond donors (Lipinski definition) is 2. The van der Waals surface area contributed by atoms with Crippen molar-refractivity contribution in [1.82, 2.24) is 20.2 Å². The number of pyridine rings is 1. The second-order valence-electron chi connectivity index (χ2n) is 4.31. The van der Waals surface area contributed by atoms with E-state index in [1.54, 1.807) is 12.4 Å². The Bertz CT molecular complexity index is 491. The van der Waals surface area contributed by atoms with Gasteiger partial charge < -0.3 is 0 Å². The Morgan fingerprint density at radius 2 is 2.11 bits per heavy atom. The van der Waals surface area contributed by atoms with Gasteiger partial charge in [0.1, 0.15) is 0 Å². The molecular weight excluding hydrogens is 226 g/mol. The maximum Gasteiger partial charge on any atom is 0.0669 e. The third kappa shape index (κ3) is 2.75. The van der Waals surface area contributed by atoms with Gasteiger partial charge in [-0.25, -0.2) is 0 Å². The van der Waals surface area contributed by atoms with E-state index in [0.717, 1.165) is 24.4 Å². The van der Waals surface area contributed by atoms with Crippen LogP contribution in [-0.2, 0) is 13.0 Å². The molecule has 5 heteroatoms. The summed E-state index contributed by atoms with van der Waals surface area (Å²) < 4.78 is 1.99. The number of nitrogens with zero attached hydrogens (tertiary/aromatic N) is 3. The smallest absolute Gasteiger partial charge is 0.0669 e. The molecular formula is C13H19N5. The van der Waals surface area contributed by atoms with Crippen molar-refractivity contribution in [1.29, 1.82) is 0 Å². The lowest BCUT2D eigenvalue weighted by atomic mass is 10.0. The summed E-state index contributed by atoms with van der Waals surface area (Å²) in [7, 11) is 0. The lowest BCUT2D eigenvalue weighted by Crippen LogP contribution is -2.31. The number of rotatable bonds is 5. The number of aromatic nitrogens is 3. The van der Waals surface area contributed by atoms with Gasteiger partial charge in [0, 0.05) is 18.9 Å². The number of aryl methyl sites for hydroxylation is 2. The third-order valence-corrected chi connectivity index (χ3v) is 2.98. The van der Waals surface area contributed by atoms with Gasteiger partial charge in [-0.1, -0.05) is 0 Å². The molecule has 96 valence electrons. The normalized spacial score (nSPS) is 12.6. The summed E-state index contributed by atoms with van der Waals surface area (Å²) in [4.78, 5) is 4.02. The van der Waals surface area contributed by atoms with Gasteiger partial charge in [0.2, 0.25) is 0 Å². The summed E-state index contributed by atoms with van der Waals surface area (Å²) in [5.41, 5.74) is 6.21. The molecule has 1 atom stereocenters. The molecule has 3 N–H and O–H groups in total. The van der Waals surface area contributed by atoms with Gasteiger partial charge in [0.15, 0.2) is 0 Å². The lowest BCUT2D eigenvalue weighted by Gasteiger charge is -2.17. The molecule has 0 aromatic carbocycles. The van der Waals surface area contributed by atoms with Gasteiger partial charge in [0.05, 0.1) is 17.4 Å². The number of nitrogens with two attached hydrogens (primary N) is 1. The molecule has 0 saturated heterocycles. The van der Waals surface area contributed by atoms with E-state index in [2.05, 4.69) is 28.5 Å². The van der Waals surface area contributed by atoms with Crippen molar-refractivity contribution in [3.05, 3.63) is 47.5 Å². The highest BCUT2D eigenvalue weighted by Crippen LogP contribution is 2.18.